The van der Waals surface area contributed by atoms with E-state index in [1.807, 2.05) is 17.5 Å². The number of hydrogen-bond acceptors (Lipinski definition) is 5. The number of halogens is 1. The van der Waals surface area contributed by atoms with E-state index in [2.05, 4.69) is 15.4 Å². The maximum absolute atomic E-state index is 12.3. The lowest BCUT2D eigenvalue weighted by atomic mass is 10.2. The molecule has 8 heteroatoms. The number of carbonyl (C=O) groups excluding carboxylic acids is 1. The van der Waals surface area contributed by atoms with Crippen LogP contribution in [0.2, 0.25) is 5.15 Å². The standard InChI is InChI=1S/C15H13ClN4O2S/c16-13-8-10(3-4-17-13)15(22)18-14-9-11(12-2-1-7-23-12)19-20(14)5-6-21/h1-4,7-9,21H,5-6H2,(H,18,22). The zero-order chi connectivity index (χ0) is 16.2. The SMILES string of the molecule is O=C(Nc1cc(-c2cccs2)nn1CCO)c1ccnc(Cl)c1. The number of aromatic nitrogens is 3. The van der Waals surface area contributed by atoms with E-state index in [0.29, 0.717) is 11.4 Å². The van der Waals surface area contributed by atoms with Crippen molar-refractivity contribution < 1.29 is 9.90 Å². The minimum atomic E-state index is -0.314. The van der Waals surface area contributed by atoms with Crippen LogP contribution in [0.5, 0.6) is 0 Å². The third-order valence-corrected chi connectivity index (χ3v) is 4.19. The third kappa shape index (κ3) is 3.58. The van der Waals surface area contributed by atoms with Crippen molar-refractivity contribution in [2.45, 2.75) is 6.54 Å². The van der Waals surface area contributed by atoms with Crippen LogP contribution in [0.25, 0.3) is 10.6 Å². The van der Waals surface area contributed by atoms with E-state index in [4.69, 9.17) is 11.6 Å². The molecule has 3 heterocycles. The molecule has 0 bridgehead atoms. The number of nitrogens with one attached hydrogen (secondary N) is 1. The first kappa shape index (κ1) is 15.7. The van der Waals surface area contributed by atoms with Gasteiger partial charge in [-0.1, -0.05) is 17.7 Å². The van der Waals surface area contributed by atoms with Crippen molar-refractivity contribution in [1.82, 2.24) is 14.8 Å². The highest BCUT2D eigenvalue weighted by atomic mass is 35.5. The van der Waals surface area contributed by atoms with Crippen LogP contribution in [0, 0.1) is 0 Å². The highest BCUT2D eigenvalue weighted by molar-refractivity contribution is 7.13. The molecule has 0 spiro atoms. The third-order valence-electron chi connectivity index (χ3n) is 3.10. The van der Waals surface area contributed by atoms with Crippen molar-refractivity contribution in [2.24, 2.45) is 0 Å². The fourth-order valence-electron chi connectivity index (χ4n) is 2.06. The Bertz CT molecular complexity index is 817. The van der Waals surface area contributed by atoms with Crippen LogP contribution < -0.4 is 5.32 Å². The van der Waals surface area contributed by atoms with Gasteiger partial charge in [-0.2, -0.15) is 5.10 Å². The van der Waals surface area contributed by atoms with Crippen molar-refractivity contribution in [3.63, 3.8) is 0 Å². The number of aliphatic hydroxyl groups excluding tert-OH is 1. The summed E-state index contributed by atoms with van der Waals surface area (Å²) in [5.74, 6) is 0.200. The normalized spacial score (nSPS) is 10.7. The van der Waals surface area contributed by atoms with Crippen LogP contribution in [-0.4, -0.2) is 32.4 Å². The molecule has 0 saturated carbocycles. The lowest BCUT2D eigenvalue weighted by molar-refractivity contribution is 0.102. The van der Waals surface area contributed by atoms with Crippen molar-refractivity contribution in [3.8, 4) is 10.6 Å². The zero-order valence-electron chi connectivity index (χ0n) is 11.9. The van der Waals surface area contributed by atoms with Gasteiger partial charge >= 0.3 is 0 Å². The van der Waals surface area contributed by atoms with Gasteiger partial charge in [-0.05, 0) is 23.6 Å². The Balaban J connectivity index is 1.88. The summed E-state index contributed by atoms with van der Waals surface area (Å²) in [6, 6.07) is 8.73. The molecule has 0 aromatic carbocycles. The average Bonchev–Trinajstić information content (AvgIpc) is 3.18. The van der Waals surface area contributed by atoms with E-state index in [9.17, 15) is 9.90 Å². The summed E-state index contributed by atoms with van der Waals surface area (Å²) in [5, 5.41) is 18.6. The van der Waals surface area contributed by atoms with Crippen molar-refractivity contribution in [3.05, 3.63) is 52.6 Å². The Morgan fingerprint density at radius 3 is 2.96 bits per heavy atom. The summed E-state index contributed by atoms with van der Waals surface area (Å²) in [6.45, 7) is 0.216. The molecular weight excluding hydrogens is 336 g/mol. The Hall–Kier alpha value is -2.22. The highest BCUT2D eigenvalue weighted by Gasteiger charge is 2.14. The second kappa shape index (κ2) is 6.91. The van der Waals surface area contributed by atoms with Gasteiger partial charge in [-0.25, -0.2) is 9.67 Å². The quantitative estimate of drug-likeness (QED) is 0.695. The van der Waals surface area contributed by atoms with Gasteiger partial charge in [-0.3, -0.25) is 4.79 Å². The van der Waals surface area contributed by atoms with Gasteiger partial charge in [0.1, 0.15) is 16.7 Å². The summed E-state index contributed by atoms with van der Waals surface area (Å²) in [5.41, 5.74) is 1.15. The minimum absolute atomic E-state index is 0.0739. The van der Waals surface area contributed by atoms with E-state index in [-0.39, 0.29) is 24.2 Å². The second-order valence-electron chi connectivity index (χ2n) is 4.66. The molecule has 23 heavy (non-hydrogen) atoms. The van der Waals surface area contributed by atoms with Crippen LogP contribution in [0.15, 0.2) is 41.9 Å². The first-order valence-corrected chi connectivity index (χ1v) is 8.08. The lowest BCUT2D eigenvalue weighted by Crippen LogP contribution is -2.16. The minimum Gasteiger partial charge on any atom is -0.394 e. The molecule has 0 unspecified atom stereocenters. The summed E-state index contributed by atoms with van der Waals surface area (Å²) in [7, 11) is 0. The number of hydrogen-bond donors (Lipinski definition) is 2. The predicted molar refractivity (Wildman–Crippen MR) is 89.8 cm³/mol. The van der Waals surface area contributed by atoms with Crippen LogP contribution in [-0.2, 0) is 6.54 Å². The van der Waals surface area contributed by atoms with E-state index >= 15 is 0 Å². The largest absolute Gasteiger partial charge is 0.394 e. The van der Waals surface area contributed by atoms with Crippen LogP contribution in [0.3, 0.4) is 0 Å². The lowest BCUT2D eigenvalue weighted by Gasteiger charge is -2.07. The molecule has 0 fully saturated rings. The van der Waals surface area contributed by atoms with Crippen molar-refractivity contribution in [1.29, 1.82) is 0 Å². The first-order chi connectivity index (χ1) is 11.2. The molecule has 0 saturated heterocycles. The van der Waals surface area contributed by atoms with Gasteiger partial charge in [0, 0.05) is 17.8 Å². The maximum Gasteiger partial charge on any atom is 0.256 e. The average molecular weight is 349 g/mol. The summed E-state index contributed by atoms with van der Waals surface area (Å²) in [6.07, 6.45) is 1.47. The number of nitrogens with zero attached hydrogens (tertiary/aromatic N) is 3. The van der Waals surface area contributed by atoms with Gasteiger partial charge in [0.15, 0.2) is 0 Å². The number of amides is 1. The monoisotopic (exact) mass is 348 g/mol. The van der Waals surface area contributed by atoms with Crippen molar-refractivity contribution in [2.75, 3.05) is 11.9 Å². The van der Waals surface area contributed by atoms with Gasteiger partial charge in [0.2, 0.25) is 0 Å². The molecule has 0 aliphatic heterocycles. The molecule has 0 atom stereocenters. The Kier molecular flexibility index (Phi) is 4.71. The Morgan fingerprint density at radius 2 is 2.26 bits per heavy atom. The molecule has 0 aliphatic rings. The van der Waals surface area contributed by atoms with E-state index in [1.165, 1.54) is 12.3 Å². The smallest absolute Gasteiger partial charge is 0.256 e. The first-order valence-electron chi connectivity index (χ1n) is 6.83. The number of aliphatic hydroxyl groups is 1. The van der Waals surface area contributed by atoms with Gasteiger partial charge in [0.25, 0.3) is 5.91 Å². The van der Waals surface area contributed by atoms with Crippen LogP contribution in [0.4, 0.5) is 5.82 Å². The Labute approximate surface area is 141 Å². The van der Waals surface area contributed by atoms with Gasteiger partial charge in [0.05, 0.1) is 18.0 Å². The zero-order valence-corrected chi connectivity index (χ0v) is 13.5. The molecule has 2 N–H and O–H groups in total. The predicted octanol–water partition coefficient (Wildman–Crippen LogP) is 2.90. The number of carbonyl (C=O) groups is 1. The Morgan fingerprint density at radius 1 is 1.39 bits per heavy atom. The molecule has 3 aromatic heterocycles. The fraction of sp³-hybridized carbons (Fsp3) is 0.133. The number of rotatable bonds is 5. The number of thiophene rings is 1. The molecule has 0 radical (unpaired) electrons. The molecular formula is C15H13ClN4O2S. The molecule has 3 rings (SSSR count). The topological polar surface area (TPSA) is 80.0 Å². The molecule has 0 aliphatic carbocycles. The maximum atomic E-state index is 12.3. The fourth-order valence-corrected chi connectivity index (χ4v) is 2.91. The van der Waals surface area contributed by atoms with Crippen LogP contribution >= 0.6 is 22.9 Å². The molecule has 6 nitrogen and oxygen atoms in total. The molecule has 1 amide bonds. The van der Waals surface area contributed by atoms with Crippen LogP contribution in [0.1, 0.15) is 10.4 Å². The summed E-state index contributed by atoms with van der Waals surface area (Å²) < 4.78 is 1.57. The van der Waals surface area contributed by atoms with E-state index in [0.717, 1.165) is 10.6 Å². The highest BCUT2D eigenvalue weighted by Crippen LogP contribution is 2.26. The van der Waals surface area contributed by atoms with Gasteiger partial charge in [-0.15, -0.1) is 11.3 Å². The molecule has 118 valence electrons. The summed E-state index contributed by atoms with van der Waals surface area (Å²) in [4.78, 5) is 17.2. The number of pyridine rings is 1. The van der Waals surface area contributed by atoms with Gasteiger partial charge < -0.3 is 10.4 Å². The second-order valence-corrected chi connectivity index (χ2v) is 6.00. The van der Waals surface area contributed by atoms with Crippen molar-refractivity contribution >= 4 is 34.7 Å². The summed E-state index contributed by atoms with van der Waals surface area (Å²) >= 11 is 7.36. The number of anilines is 1. The van der Waals surface area contributed by atoms with E-state index in [1.54, 1.807) is 28.2 Å². The molecule has 3 aromatic rings. The van der Waals surface area contributed by atoms with E-state index < -0.39 is 0 Å².